The van der Waals surface area contributed by atoms with Crippen molar-refractivity contribution in [2.75, 3.05) is 19.8 Å². The standard InChI is InChI=1S/C44H78O10/c1-3-5-7-9-11-13-15-17-18-19-21-23-25-27-29-31-33-40(47)53-37(36-52-44-43(50)42(49)41(48)38(34-45)54-44)35-51-39(46)32-30-28-26-24-22-20-16-14-12-10-8-6-4-2/h13-16,18-19,37-38,41-45,48-50H,3-12,17,20-36H2,1-2H3/b15-13-,16-14-,19-18-. The number of hydrogen-bond acceptors (Lipinski definition) is 10. The summed E-state index contributed by atoms with van der Waals surface area (Å²) in [6, 6.07) is 0. The molecule has 54 heavy (non-hydrogen) atoms. The van der Waals surface area contributed by atoms with Gasteiger partial charge in [0.1, 0.15) is 31.0 Å². The molecule has 6 unspecified atom stereocenters. The molecule has 0 aromatic carbocycles. The van der Waals surface area contributed by atoms with Crippen molar-refractivity contribution in [3.63, 3.8) is 0 Å². The first-order valence-electron chi connectivity index (χ1n) is 21.6. The Labute approximate surface area is 327 Å². The molecule has 10 nitrogen and oxygen atoms in total. The summed E-state index contributed by atoms with van der Waals surface area (Å²) < 4.78 is 22.1. The maximum absolute atomic E-state index is 12.7. The van der Waals surface area contributed by atoms with Gasteiger partial charge in [-0.1, -0.05) is 127 Å². The Hall–Kier alpha value is -2.08. The highest BCUT2D eigenvalue weighted by molar-refractivity contribution is 5.70. The second-order valence-electron chi connectivity index (χ2n) is 14.8. The minimum absolute atomic E-state index is 0.212. The van der Waals surface area contributed by atoms with Gasteiger partial charge in [-0.25, -0.2) is 0 Å². The highest BCUT2D eigenvalue weighted by atomic mass is 16.7. The van der Waals surface area contributed by atoms with Gasteiger partial charge < -0.3 is 39.4 Å². The third-order valence-electron chi connectivity index (χ3n) is 9.75. The molecule has 0 aromatic heterocycles. The number of aliphatic hydroxyl groups is 4. The molecule has 0 amide bonds. The normalized spacial score (nSPS) is 21.0. The van der Waals surface area contributed by atoms with Crippen LogP contribution < -0.4 is 0 Å². The summed E-state index contributed by atoms with van der Waals surface area (Å²) in [7, 11) is 0. The maximum Gasteiger partial charge on any atom is 0.306 e. The van der Waals surface area contributed by atoms with Gasteiger partial charge in [-0.2, -0.15) is 0 Å². The molecule has 1 aliphatic rings. The number of hydrogen-bond donors (Lipinski definition) is 4. The second kappa shape index (κ2) is 35.3. The van der Waals surface area contributed by atoms with Gasteiger partial charge in [-0.3, -0.25) is 9.59 Å². The Morgan fingerprint density at radius 1 is 0.574 bits per heavy atom. The zero-order valence-electron chi connectivity index (χ0n) is 34.0. The molecular formula is C44H78O10. The summed E-state index contributed by atoms with van der Waals surface area (Å²) >= 11 is 0. The lowest BCUT2D eigenvalue weighted by atomic mass is 9.99. The van der Waals surface area contributed by atoms with Crippen LogP contribution in [0, 0.1) is 0 Å². The molecule has 1 fully saturated rings. The summed E-state index contributed by atoms with van der Waals surface area (Å²) in [5, 5.41) is 40.0. The lowest BCUT2D eigenvalue weighted by Gasteiger charge is -2.39. The maximum atomic E-state index is 12.7. The predicted octanol–water partition coefficient (Wildman–Crippen LogP) is 8.72. The molecule has 4 N–H and O–H groups in total. The molecule has 0 aromatic rings. The monoisotopic (exact) mass is 767 g/mol. The lowest BCUT2D eigenvalue weighted by molar-refractivity contribution is -0.305. The number of carbonyl (C=O) groups is 2. The number of carbonyl (C=O) groups excluding carboxylic acids is 2. The Balaban J connectivity index is 2.37. The van der Waals surface area contributed by atoms with Gasteiger partial charge in [0.2, 0.25) is 0 Å². The van der Waals surface area contributed by atoms with Crippen LogP contribution in [0.4, 0.5) is 0 Å². The number of ether oxygens (including phenoxy) is 4. The first-order valence-corrected chi connectivity index (χ1v) is 21.6. The predicted molar refractivity (Wildman–Crippen MR) is 215 cm³/mol. The molecule has 0 saturated carbocycles. The Morgan fingerprint density at radius 2 is 1.04 bits per heavy atom. The minimum Gasteiger partial charge on any atom is -0.462 e. The quantitative estimate of drug-likeness (QED) is 0.0280. The third-order valence-corrected chi connectivity index (χ3v) is 9.75. The summed E-state index contributed by atoms with van der Waals surface area (Å²) in [5.41, 5.74) is 0. The third kappa shape index (κ3) is 26.7. The molecular weight excluding hydrogens is 688 g/mol. The summed E-state index contributed by atoms with van der Waals surface area (Å²) in [6.45, 7) is 3.36. The van der Waals surface area contributed by atoms with Crippen LogP contribution in [0.1, 0.15) is 174 Å². The number of rotatable bonds is 35. The molecule has 0 spiro atoms. The van der Waals surface area contributed by atoms with Crippen molar-refractivity contribution in [2.45, 2.75) is 211 Å². The van der Waals surface area contributed by atoms with Crippen molar-refractivity contribution >= 4 is 11.9 Å². The minimum atomic E-state index is -1.60. The van der Waals surface area contributed by atoms with E-state index in [0.717, 1.165) is 70.6 Å². The van der Waals surface area contributed by atoms with E-state index in [1.165, 1.54) is 64.2 Å². The fourth-order valence-electron chi connectivity index (χ4n) is 6.27. The van der Waals surface area contributed by atoms with Crippen molar-refractivity contribution in [1.29, 1.82) is 0 Å². The van der Waals surface area contributed by atoms with Crippen molar-refractivity contribution in [3.8, 4) is 0 Å². The van der Waals surface area contributed by atoms with E-state index >= 15 is 0 Å². The molecule has 1 heterocycles. The summed E-state index contributed by atoms with van der Waals surface area (Å²) in [6.07, 6.45) is 31.5. The van der Waals surface area contributed by atoms with E-state index in [1.54, 1.807) is 0 Å². The molecule has 0 bridgehead atoms. The SMILES string of the molecule is CCCCCC/C=C\C/C=C\CCCCCCCC(=O)OC(COC(=O)CCCCCCC/C=C\CCCCCC)COC1OC(CO)C(O)C(O)C1O. The van der Waals surface area contributed by atoms with Crippen LogP contribution in [0.5, 0.6) is 0 Å². The fraction of sp³-hybridized carbons (Fsp3) is 0.818. The van der Waals surface area contributed by atoms with Gasteiger partial charge >= 0.3 is 11.9 Å². The van der Waals surface area contributed by atoms with Gasteiger partial charge in [0.15, 0.2) is 12.4 Å². The highest BCUT2D eigenvalue weighted by Crippen LogP contribution is 2.22. The van der Waals surface area contributed by atoms with Crippen LogP contribution >= 0.6 is 0 Å². The van der Waals surface area contributed by atoms with E-state index in [-0.39, 0.29) is 32.0 Å². The van der Waals surface area contributed by atoms with E-state index in [4.69, 9.17) is 18.9 Å². The summed E-state index contributed by atoms with van der Waals surface area (Å²) in [5.74, 6) is -0.833. The van der Waals surface area contributed by atoms with E-state index in [2.05, 4.69) is 50.3 Å². The zero-order valence-corrected chi connectivity index (χ0v) is 34.0. The van der Waals surface area contributed by atoms with E-state index in [9.17, 15) is 30.0 Å². The first kappa shape index (κ1) is 49.9. The van der Waals surface area contributed by atoms with Crippen LogP contribution in [0.2, 0.25) is 0 Å². The number of aliphatic hydroxyl groups excluding tert-OH is 4. The van der Waals surface area contributed by atoms with Crippen LogP contribution in [-0.4, -0.2) is 89.0 Å². The number of allylic oxidation sites excluding steroid dienone is 6. The number of esters is 2. The smallest absolute Gasteiger partial charge is 0.306 e. The Kier molecular flexibility index (Phi) is 32.7. The average Bonchev–Trinajstić information content (AvgIpc) is 3.17. The van der Waals surface area contributed by atoms with Crippen molar-refractivity contribution < 1.29 is 49.0 Å². The molecule has 1 rings (SSSR count). The molecule has 314 valence electrons. The zero-order chi connectivity index (χ0) is 39.5. The highest BCUT2D eigenvalue weighted by Gasteiger charge is 2.44. The van der Waals surface area contributed by atoms with Crippen molar-refractivity contribution in [3.05, 3.63) is 36.5 Å². The molecule has 0 aliphatic carbocycles. The van der Waals surface area contributed by atoms with Gasteiger partial charge in [0, 0.05) is 12.8 Å². The van der Waals surface area contributed by atoms with E-state index in [0.29, 0.717) is 12.8 Å². The van der Waals surface area contributed by atoms with Crippen molar-refractivity contribution in [2.24, 2.45) is 0 Å². The fourth-order valence-corrected chi connectivity index (χ4v) is 6.27. The lowest BCUT2D eigenvalue weighted by Crippen LogP contribution is -2.59. The first-order chi connectivity index (χ1) is 26.3. The molecule has 1 saturated heterocycles. The molecule has 1 aliphatic heterocycles. The van der Waals surface area contributed by atoms with Crippen molar-refractivity contribution in [1.82, 2.24) is 0 Å². The Bertz CT molecular complexity index is 980. The Morgan fingerprint density at radius 3 is 1.56 bits per heavy atom. The largest absolute Gasteiger partial charge is 0.462 e. The second-order valence-corrected chi connectivity index (χ2v) is 14.8. The average molecular weight is 767 g/mol. The van der Waals surface area contributed by atoms with Crippen LogP contribution in [-0.2, 0) is 28.5 Å². The summed E-state index contributed by atoms with van der Waals surface area (Å²) in [4.78, 5) is 25.3. The molecule has 10 heteroatoms. The van der Waals surface area contributed by atoms with Crippen LogP contribution in [0.25, 0.3) is 0 Å². The van der Waals surface area contributed by atoms with Crippen LogP contribution in [0.15, 0.2) is 36.5 Å². The van der Waals surface area contributed by atoms with E-state index in [1.807, 2.05) is 0 Å². The molecule has 0 radical (unpaired) electrons. The van der Waals surface area contributed by atoms with Gasteiger partial charge in [-0.15, -0.1) is 0 Å². The number of unbranched alkanes of at least 4 members (excludes halogenated alkanes) is 18. The van der Waals surface area contributed by atoms with Gasteiger partial charge in [0.25, 0.3) is 0 Å². The molecule has 6 atom stereocenters. The van der Waals surface area contributed by atoms with E-state index < -0.39 is 49.4 Å². The van der Waals surface area contributed by atoms with Gasteiger partial charge in [-0.05, 0) is 70.6 Å². The van der Waals surface area contributed by atoms with Gasteiger partial charge in [0.05, 0.1) is 13.2 Å². The van der Waals surface area contributed by atoms with Crippen LogP contribution in [0.3, 0.4) is 0 Å². The topological polar surface area (TPSA) is 152 Å².